The molecule has 0 saturated heterocycles. The van der Waals surface area contributed by atoms with Crippen LogP contribution in [0.5, 0.6) is 0 Å². The van der Waals surface area contributed by atoms with Gasteiger partial charge in [0.2, 0.25) is 5.91 Å². The summed E-state index contributed by atoms with van der Waals surface area (Å²) in [6, 6.07) is -0.543. The highest BCUT2D eigenvalue weighted by Crippen LogP contribution is 2.17. The first-order valence-corrected chi connectivity index (χ1v) is 26.5. The summed E-state index contributed by atoms with van der Waals surface area (Å²) in [6.45, 7) is 4.36. The lowest BCUT2D eigenvalue weighted by Gasteiger charge is -2.22. The third-order valence-corrected chi connectivity index (χ3v) is 12.5. The molecule has 2 atom stereocenters. The lowest BCUT2D eigenvalue weighted by molar-refractivity contribution is -0.123. The highest BCUT2D eigenvalue weighted by Gasteiger charge is 2.20. The van der Waals surface area contributed by atoms with Crippen molar-refractivity contribution in [3.05, 3.63) is 24.3 Å². The number of carbonyl (C=O) groups is 1. The molecule has 0 aromatic heterocycles. The van der Waals surface area contributed by atoms with Gasteiger partial charge in [-0.2, -0.15) is 0 Å². The zero-order valence-electron chi connectivity index (χ0n) is 39.6. The average molecular weight is 816 g/mol. The summed E-state index contributed by atoms with van der Waals surface area (Å²) in [5.41, 5.74) is 0. The highest BCUT2D eigenvalue weighted by atomic mass is 16.3. The molecule has 0 aliphatic rings. The number of carbonyl (C=O) groups excluding carboxylic acids is 1. The number of hydrogen-bond donors (Lipinski definition) is 3. The summed E-state index contributed by atoms with van der Waals surface area (Å²) in [6.07, 6.45) is 65.9. The molecule has 0 bridgehead atoms. The lowest BCUT2D eigenvalue weighted by Crippen LogP contribution is -2.45. The van der Waals surface area contributed by atoms with Crippen LogP contribution < -0.4 is 5.32 Å². The fourth-order valence-electron chi connectivity index (χ4n) is 8.39. The predicted molar refractivity (Wildman–Crippen MR) is 258 cm³/mol. The number of nitrogens with one attached hydrogen (secondary N) is 1. The van der Waals surface area contributed by atoms with Crippen LogP contribution in [0.3, 0.4) is 0 Å². The second-order valence-electron chi connectivity index (χ2n) is 18.3. The number of aliphatic hydroxyl groups is 2. The van der Waals surface area contributed by atoms with Gasteiger partial charge in [0.25, 0.3) is 0 Å². The summed E-state index contributed by atoms with van der Waals surface area (Å²) in [7, 11) is 0. The van der Waals surface area contributed by atoms with Gasteiger partial charge in [-0.3, -0.25) is 4.79 Å². The first kappa shape index (κ1) is 56.9. The van der Waals surface area contributed by atoms with E-state index < -0.39 is 12.1 Å². The maximum atomic E-state index is 12.4. The van der Waals surface area contributed by atoms with Crippen molar-refractivity contribution in [2.45, 2.75) is 309 Å². The molecule has 2 unspecified atom stereocenters. The molecule has 0 fully saturated rings. The molecule has 0 aliphatic heterocycles. The summed E-state index contributed by atoms with van der Waals surface area (Å²) in [5.74, 6) is -0.0415. The Morgan fingerprint density at radius 2 is 0.707 bits per heavy atom. The zero-order chi connectivity index (χ0) is 42.1. The van der Waals surface area contributed by atoms with Crippen LogP contribution >= 0.6 is 0 Å². The molecule has 0 aliphatic carbocycles. The first-order valence-electron chi connectivity index (χ1n) is 26.5. The van der Waals surface area contributed by atoms with Crippen LogP contribution in [-0.2, 0) is 4.79 Å². The second-order valence-corrected chi connectivity index (χ2v) is 18.3. The number of amides is 1. The fraction of sp³-hybridized carbons (Fsp3) is 0.907. The number of rotatable bonds is 49. The van der Waals surface area contributed by atoms with E-state index in [1.54, 1.807) is 0 Å². The van der Waals surface area contributed by atoms with Crippen LogP contribution in [0.4, 0.5) is 0 Å². The Morgan fingerprint density at radius 1 is 0.414 bits per heavy atom. The summed E-state index contributed by atoms with van der Waals surface area (Å²) in [5, 5.41) is 23.3. The number of hydrogen-bond acceptors (Lipinski definition) is 3. The van der Waals surface area contributed by atoms with E-state index in [1.165, 1.54) is 225 Å². The molecule has 0 spiro atoms. The Balaban J connectivity index is 3.42. The number of unbranched alkanes of at least 4 members (excludes halogenated alkanes) is 38. The molecule has 3 N–H and O–H groups in total. The van der Waals surface area contributed by atoms with Crippen LogP contribution in [0.15, 0.2) is 24.3 Å². The van der Waals surface area contributed by atoms with E-state index in [2.05, 4.69) is 43.5 Å². The fourth-order valence-corrected chi connectivity index (χ4v) is 8.39. The summed E-state index contributed by atoms with van der Waals surface area (Å²) >= 11 is 0. The minimum absolute atomic E-state index is 0.0415. The van der Waals surface area contributed by atoms with E-state index in [0.29, 0.717) is 12.8 Å². The van der Waals surface area contributed by atoms with Crippen LogP contribution in [0.25, 0.3) is 0 Å². The van der Waals surface area contributed by atoms with Crippen molar-refractivity contribution in [2.24, 2.45) is 0 Å². The van der Waals surface area contributed by atoms with Crippen LogP contribution in [-0.4, -0.2) is 34.9 Å². The van der Waals surface area contributed by atoms with E-state index in [4.69, 9.17) is 0 Å². The molecule has 1 amide bonds. The first-order chi connectivity index (χ1) is 28.7. The minimum atomic E-state index is -0.665. The average Bonchev–Trinajstić information content (AvgIpc) is 3.23. The van der Waals surface area contributed by atoms with Crippen LogP contribution in [0.1, 0.15) is 296 Å². The minimum Gasteiger partial charge on any atom is -0.394 e. The maximum absolute atomic E-state index is 12.4. The van der Waals surface area contributed by atoms with Gasteiger partial charge in [0.15, 0.2) is 0 Å². The Kier molecular flexibility index (Phi) is 49.2. The Morgan fingerprint density at radius 3 is 1.05 bits per heavy atom. The van der Waals surface area contributed by atoms with Crippen molar-refractivity contribution >= 4 is 5.91 Å². The van der Waals surface area contributed by atoms with E-state index in [1.807, 2.05) is 0 Å². The van der Waals surface area contributed by atoms with Crippen molar-refractivity contribution in [2.75, 3.05) is 6.61 Å². The van der Waals surface area contributed by atoms with Gasteiger partial charge in [-0.25, -0.2) is 0 Å². The highest BCUT2D eigenvalue weighted by molar-refractivity contribution is 5.76. The van der Waals surface area contributed by atoms with E-state index in [-0.39, 0.29) is 12.5 Å². The van der Waals surface area contributed by atoms with Gasteiger partial charge in [-0.1, -0.05) is 269 Å². The Labute approximate surface area is 364 Å². The number of allylic oxidation sites excluding steroid dienone is 4. The molecule has 344 valence electrons. The van der Waals surface area contributed by atoms with Gasteiger partial charge in [0.05, 0.1) is 18.8 Å². The summed E-state index contributed by atoms with van der Waals surface area (Å²) < 4.78 is 0. The van der Waals surface area contributed by atoms with Gasteiger partial charge < -0.3 is 15.5 Å². The summed E-state index contributed by atoms with van der Waals surface area (Å²) in [4.78, 5) is 12.4. The van der Waals surface area contributed by atoms with Gasteiger partial charge >= 0.3 is 0 Å². The van der Waals surface area contributed by atoms with Gasteiger partial charge in [0.1, 0.15) is 0 Å². The third kappa shape index (κ3) is 45.9. The van der Waals surface area contributed by atoms with Gasteiger partial charge in [0, 0.05) is 6.42 Å². The van der Waals surface area contributed by atoms with Crippen molar-refractivity contribution in [1.82, 2.24) is 5.32 Å². The molecular formula is C54H105NO3. The maximum Gasteiger partial charge on any atom is 0.220 e. The molecule has 4 heteroatoms. The van der Waals surface area contributed by atoms with Crippen LogP contribution in [0, 0.1) is 0 Å². The van der Waals surface area contributed by atoms with Gasteiger partial charge in [-0.05, 0) is 44.9 Å². The quantitative estimate of drug-likeness (QED) is 0.0423. The number of aliphatic hydroxyl groups excluding tert-OH is 2. The Hall–Kier alpha value is -1.13. The second kappa shape index (κ2) is 50.2. The van der Waals surface area contributed by atoms with Crippen LogP contribution in [0.2, 0.25) is 0 Å². The Bertz CT molecular complexity index is 840. The molecule has 0 aromatic rings. The standard InChI is InChI=1S/C54H105NO3/c1-3-5-7-9-11-13-15-17-19-21-22-23-24-25-26-27-28-29-30-31-32-33-34-35-37-39-41-43-45-47-49-53(57)52(51-56)55-54(58)50-48-46-44-42-40-38-36-20-18-16-14-12-10-8-6-4-2/h14,16,20,36,52-53,56-57H,3-13,15,17-19,21-35,37-51H2,1-2H3,(H,55,58)/b16-14-,36-20-. The normalized spacial score (nSPS) is 13.0. The monoisotopic (exact) mass is 816 g/mol. The largest absolute Gasteiger partial charge is 0.394 e. The lowest BCUT2D eigenvalue weighted by atomic mass is 10.0. The molecule has 58 heavy (non-hydrogen) atoms. The van der Waals surface area contributed by atoms with Gasteiger partial charge in [-0.15, -0.1) is 0 Å². The predicted octanol–water partition coefficient (Wildman–Crippen LogP) is 17.1. The van der Waals surface area contributed by atoms with Crippen molar-refractivity contribution in [3.63, 3.8) is 0 Å². The molecular weight excluding hydrogens is 711 g/mol. The topological polar surface area (TPSA) is 69.6 Å². The van der Waals surface area contributed by atoms with Crippen molar-refractivity contribution in [1.29, 1.82) is 0 Å². The van der Waals surface area contributed by atoms with E-state index >= 15 is 0 Å². The van der Waals surface area contributed by atoms with E-state index in [9.17, 15) is 15.0 Å². The van der Waals surface area contributed by atoms with Crippen molar-refractivity contribution < 1.29 is 15.0 Å². The third-order valence-electron chi connectivity index (χ3n) is 12.5. The molecule has 4 nitrogen and oxygen atoms in total. The van der Waals surface area contributed by atoms with Crippen molar-refractivity contribution in [3.8, 4) is 0 Å². The molecule has 0 saturated carbocycles. The zero-order valence-corrected chi connectivity index (χ0v) is 39.6. The molecule has 0 radical (unpaired) electrons. The SMILES string of the molecule is CCCCCC/C=C\C/C=C\CCCCCCCC(=O)NC(CO)C(O)CCCCCCCCCCCCCCCCCCCCCCCCCCCCCCCC. The molecule has 0 heterocycles. The van der Waals surface area contributed by atoms with E-state index in [0.717, 1.165) is 44.9 Å². The molecule has 0 aromatic carbocycles. The molecule has 0 rings (SSSR count). The smallest absolute Gasteiger partial charge is 0.220 e.